The molecule has 5 nitrogen and oxygen atoms in total. The van der Waals surface area contributed by atoms with Gasteiger partial charge in [-0.25, -0.2) is 0 Å². The molecule has 0 unspecified atom stereocenters. The SMILES string of the molecule is Cc1ccc(NC(=O)C2CCC(N3C(=O)[C@@H]4CC=CC[C@H]4C3=O)CC2)cc1Cl. The zero-order valence-corrected chi connectivity index (χ0v) is 16.7. The summed E-state index contributed by atoms with van der Waals surface area (Å²) in [5.41, 5.74) is 1.67. The minimum absolute atomic E-state index is 0.0125. The Bertz CT molecular complexity index is 816. The fraction of sp³-hybridized carbons (Fsp3) is 0.500. The van der Waals surface area contributed by atoms with Crippen molar-refractivity contribution in [2.45, 2.75) is 51.5 Å². The summed E-state index contributed by atoms with van der Waals surface area (Å²) in [6, 6.07) is 5.43. The molecule has 1 heterocycles. The van der Waals surface area contributed by atoms with E-state index in [1.807, 2.05) is 31.2 Å². The van der Waals surface area contributed by atoms with E-state index in [0.717, 1.165) is 5.56 Å². The third kappa shape index (κ3) is 3.48. The number of allylic oxidation sites excluding steroid dienone is 2. The summed E-state index contributed by atoms with van der Waals surface area (Å²) in [5.74, 6) is -0.499. The van der Waals surface area contributed by atoms with E-state index in [9.17, 15) is 14.4 Å². The fourth-order valence-corrected chi connectivity index (χ4v) is 4.88. The number of halogens is 1. The van der Waals surface area contributed by atoms with Crippen LogP contribution in [0.25, 0.3) is 0 Å². The van der Waals surface area contributed by atoms with E-state index in [0.29, 0.717) is 49.2 Å². The van der Waals surface area contributed by atoms with Crippen LogP contribution in [0.15, 0.2) is 30.4 Å². The largest absolute Gasteiger partial charge is 0.326 e. The Kier molecular flexibility index (Phi) is 5.28. The van der Waals surface area contributed by atoms with Gasteiger partial charge in [0.2, 0.25) is 17.7 Å². The smallest absolute Gasteiger partial charge is 0.233 e. The second-order valence-electron chi connectivity index (χ2n) is 8.16. The summed E-state index contributed by atoms with van der Waals surface area (Å²) in [6.07, 6.45) is 8.10. The van der Waals surface area contributed by atoms with Crippen molar-refractivity contribution < 1.29 is 14.4 Å². The van der Waals surface area contributed by atoms with E-state index in [4.69, 9.17) is 11.6 Å². The number of carbonyl (C=O) groups is 3. The maximum Gasteiger partial charge on any atom is 0.233 e. The summed E-state index contributed by atoms with van der Waals surface area (Å²) in [7, 11) is 0. The first-order valence-electron chi connectivity index (χ1n) is 10.0. The number of nitrogens with zero attached hydrogens (tertiary/aromatic N) is 1. The molecule has 2 atom stereocenters. The van der Waals surface area contributed by atoms with Crippen LogP contribution in [0, 0.1) is 24.7 Å². The lowest BCUT2D eigenvalue weighted by molar-refractivity contribution is -0.143. The normalized spacial score (nSPS) is 29.7. The van der Waals surface area contributed by atoms with Crippen LogP contribution in [0.2, 0.25) is 5.02 Å². The first-order valence-corrected chi connectivity index (χ1v) is 10.4. The molecule has 1 saturated heterocycles. The van der Waals surface area contributed by atoms with Gasteiger partial charge in [-0.3, -0.25) is 19.3 Å². The topological polar surface area (TPSA) is 66.5 Å². The molecule has 0 radical (unpaired) electrons. The number of anilines is 1. The molecule has 6 heteroatoms. The molecule has 0 bridgehead atoms. The number of hydrogen-bond donors (Lipinski definition) is 1. The van der Waals surface area contributed by atoms with Crippen molar-refractivity contribution in [1.29, 1.82) is 0 Å². The van der Waals surface area contributed by atoms with Crippen LogP contribution in [0.1, 0.15) is 44.1 Å². The number of benzene rings is 1. The molecular weight excluding hydrogens is 376 g/mol. The number of fused-ring (bicyclic) bond motifs is 1. The summed E-state index contributed by atoms with van der Waals surface area (Å²) >= 11 is 6.13. The zero-order chi connectivity index (χ0) is 19.8. The summed E-state index contributed by atoms with van der Waals surface area (Å²) in [5, 5.41) is 3.57. The molecule has 148 valence electrons. The van der Waals surface area contributed by atoms with Crippen molar-refractivity contribution in [1.82, 2.24) is 4.90 Å². The van der Waals surface area contributed by atoms with Gasteiger partial charge in [0.15, 0.2) is 0 Å². The number of rotatable bonds is 3. The van der Waals surface area contributed by atoms with Crippen LogP contribution in [-0.4, -0.2) is 28.7 Å². The molecule has 1 saturated carbocycles. The second kappa shape index (κ2) is 7.70. The van der Waals surface area contributed by atoms with Crippen LogP contribution in [0.4, 0.5) is 5.69 Å². The van der Waals surface area contributed by atoms with E-state index in [1.165, 1.54) is 4.90 Å². The summed E-state index contributed by atoms with van der Waals surface area (Å²) in [4.78, 5) is 39.6. The van der Waals surface area contributed by atoms with Crippen LogP contribution in [0.3, 0.4) is 0 Å². The van der Waals surface area contributed by atoms with E-state index in [-0.39, 0.29) is 41.5 Å². The van der Waals surface area contributed by atoms with E-state index in [2.05, 4.69) is 5.32 Å². The minimum atomic E-state index is -0.176. The van der Waals surface area contributed by atoms with Crippen LogP contribution in [0.5, 0.6) is 0 Å². The average Bonchev–Trinajstić information content (AvgIpc) is 2.96. The van der Waals surface area contributed by atoms with E-state index >= 15 is 0 Å². The molecule has 2 aliphatic carbocycles. The highest BCUT2D eigenvalue weighted by atomic mass is 35.5. The van der Waals surface area contributed by atoms with Crippen molar-refractivity contribution in [2.75, 3.05) is 5.32 Å². The first-order chi connectivity index (χ1) is 13.5. The highest BCUT2D eigenvalue weighted by Crippen LogP contribution is 2.39. The number of hydrogen-bond acceptors (Lipinski definition) is 3. The van der Waals surface area contributed by atoms with Crippen molar-refractivity contribution >= 4 is 35.0 Å². The van der Waals surface area contributed by atoms with Crippen molar-refractivity contribution in [3.8, 4) is 0 Å². The Morgan fingerprint density at radius 2 is 1.64 bits per heavy atom. The third-order valence-electron chi connectivity index (χ3n) is 6.41. The monoisotopic (exact) mass is 400 g/mol. The molecule has 0 spiro atoms. The molecule has 1 aromatic carbocycles. The van der Waals surface area contributed by atoms with Gasteiger partial charge in [0.25, 0.3) is 0 Å². The lowest BCUT2D eigenvalue weighted by atomic mass is 9.84. The molecule has 1 aliphatic heterocycles. The highest BCUT2D eigenvalue weighted by molar-refractivity contribution is 6.31. The van der Waals surface area contributed by atoms with Gasteiger partial charge < -0.3 is 5.32 Å². The quantitative estimate of drug-likeness (QED) is 0.613. The predicted molar refractivity (Wildman–Crippen MR) is 108 cm³/mol. The molecular formula is C22H25ClN2O3. The van der Waals surface area contributed by atoms with Gasteiger partial charge in [-0.2, -0.15) is 0 Å². The van der Waals surface area contributed by atoms with Gasteiger partial charge in [0.05, 0.1) is 11.8 Å². The Labute approximate surface area is 170 Å². The van der Waals surface area contributed by atoms with Gasteiger partial charge in [-0.15, -0.1) is 0 Å². The standard InChI is InChI=1S/C22H25ClN2O3/c1-13-6-9-15(12-19(13)23)24-20(26)14-7-10-16(11-8-14)25-21(27)17-4-2-3-5-18(17)22(25)28/h2-3,6,9,12,14,16-18H,4-5,7-8,10-11H2,1H3,(H,24,26)/t14?,16?,17-,18-/m1/s1. The lowest BCUT2D eigenvalue weighted by Gasteiger charge is -2.33. The second-order valence-corrected chi connectivity index (χ2v) is 8.57. The minimum Gasteiger partial charge on any atom is -0.326 e. The first kappa shape index (κ1) is 19.2. The van der Waals surface area contributed by atoms with Crippen LogP contribution >= 0.6 is 11.6 Å². The zero-order valence-electron chi connectivity index (χ0n) is 16.0. The maximum atomic E-state index is 12.7. The van der Waals surface area contributed by atoms with Crippen molar-refractivity contribution in [3.05, 3.63) is 40.9 Å². The number of likely N-dealkylation sites (tertiary alicyclic amines) is 1. The molecule has 1 N–H and O–H groups in total. The average molecular weight is 401 g/mol. The maximum absolute atomic E-state index is 12.7. The van der Waals surface area contributed by atoms with Gasteiger partial charge in [-0.05, 0) is 63.1 Å². The Morgan fingerprint density at radius 3 is 2.21 bits per heavy atom. The van der Waals surface area contributed by atoms with Gasteiger partial charge in [-0.1, -0.05) is 29.8 Å². The number of amides is 3. The molecule has 3 amide bonds. The van der Waals surface area contributed by atoms with Crippen LogP contribution < -0.4 is 5.32 Å². The van der Waals surface area contributed by atoms with Crippen molar-refractivity contribution in [3.63, 3.8) is 0 Å². The lowest BCUT2D eigenvalue weighted by Crippen LogP contribution is -2.43. The molecule has 4 rings (SSSR count). The van der Waals surface area contributed by atoms with Gasteiger partial charge in [0, 0.05) is 22.7 Å². The molecule has 3 aliphatic rings. The van der Waals surface area contributed by atoms with Gasteiger partial charge >= 0.3 is 0 Å². The summed E-state index contributed by atoms with van der Waals surface area (Å²) < 4.78 is 0. The molecule has 0 aromatic heterocycles. The highest BCUT2D eigenvalue weighted by Gasteiger charge is 2.50. The van der Waals surface area contributed by atoms with E-state index < -0.39 is 0 Å². The number of nitrogens with one attached hydrogen (secondary N) is 1. The fourth-order valence-electron chi connectivity index (χ4n) is 4.70. The van der Waals surface area contributed by atoms with Gasteiger partial charge in [0.1, 0.15) is 0 Å². The Hall–Kier alpha value is -2.14. The Balaban J connectivity index is 1.35. The number of carbonyl (C=O) groups excluding carboxylic acids is 3. The summed E-state index contributed by atoms with van der Waals surface area (Å²) in [6.45, 7) is 1.92. The molecule has 28 heavy (non-hydrogen) atoms. The Morgan fingerprint density at radius 1 is 1.04 bits per heavy atom. The molecule has 1 aromatic rings. The number of aryl methyl sites for hydroxylation is 1. The predicted octanol–water partition coefficient (Wildman–Crippen LogP) is 4.10. The van der Waals surface area contributed by atoms with Crippen LogP contribution in [-0.2, 0) is 14.4 Å². The van der Waals surface area contributed by atoms with Crippen molar-refractivity contribution in [2.24, 2.45) is 17.8 Å². The number of imide groups is 1. The molecule has 2 fully saturated rings. The third-order valence-corrected chi connectivity index (χ3v) is 6.82. The van der Waals surface area contributed by atoms with E-state index in [1.54, 1.807) is 6.07 Å².